The van der Waals surface area contributed by atoms with Crippen molar-refractivity contribution >= 4 is 45.2 Å². The van der Waals surface area contributed by atoms with E-state index in [0.29, 0.717) is 36.8 Å². The zero-order valence-corrected chi connectivity index (χ0v) is 17.1. The number of nitrogens with one attached hydrogen (secondary N) is 1. The smallest absolute Gasteiger partial charge is 0.322 e. The maximum absolute atomic E-state index is 12.7. The lowest BCUT2D eigenvalue weighted by Gasteiger charge is -2.40. The van der Waals surface area contributed by atoms with Gasteiger partial charge in [-0.2, -0.15) is 9.97 Å². The summed E-state index contributed by atoms with van der Waals surface area (Å²) in [4.78, 5) is 38.6. The van der Waals surface area contributed by atoms with Crippen LogP contribution in [0.2, 0.25) is 0 Å². The van der Waals surface area contributed by atoms with Crippen molar-refractivity contribution in [2.75, 3.05) is 42.7 Å². The zero-order valence-electron chi connectivity index (χ0n) is 16.3. The van der Waals surface area contributed by atoms with Crippen LogP contribution < -0.4 is 20.7 Å². The lowest BCUT2D eigenvalue weighted by atomic mass is 10.2. The predicted molar refractivity (Wildman–Crippen MR) is 110 cm³/mol. The van der Waals surface area contributed by atoms with Gasteiger partial charge >= 0.3 is 12.0 Å². The van der Waals surface area contributed by atoms with E-state index in [0.717, 1.165) is 10.3 Å². The molecule has 1 saturated heterocycles. The standard InChI is InChI=1S/C17H21N9O2S/c1-9-7-25(17(27)22-11-6-19-16(28-3)21-10(11)2)4-5-26(9)13-12-14(29-8-20-12)24-15(18)23-13/h6,8-9H,4-5,7H2,1-3H3,(H,22,27)(H2,18,23,24)/t9-/m0/s1. The molecule has 0 spiro atoms. The second-order valence-corrected chi connectivity index (χ2v) is 7.52. The molecule has 3 N–H and O–H groups in total. The Labute approximate surface area is 171 Å². The van der Waals surface area contributed by atoms with Crippen LogP contribution in [0.5, 0.6) is 6.01 Å². The van der Waals surface area contributed by atoms with Crippen molar-refractivity contribution in [1.29, 1.82) is 0 Å². The van der Waals surface area contributed by atoms with E-state index in [9.17, 15) is 4.79 Å². The van der Waals surface area contributed by atoms with E-state index in [-0.39, 0.29) is 24.0 Å². The minimum absolute atomic E-state index is 0.0296. The Morgan fingerprint density at radius 2 is 2.14 bits per heavy atom. The molecule has 1 aliphatic heterocycles. The molecule has 0 unspecified atom stereocenters. The first-order valence-electron chi connectivity index (χ1n) is 9.03. The van der Waals surface area contributed by atoms with Crippen molar-refractivity contribution in [3.05, 3.63) is 17.4 Å². The Balaban J connectivity index is 1.47. The highest BCUT2D eigenvalue weighted by Gasteiger charge is 2.30. The van der Waals surface area contributed by atoms with Gasteiger partial charge in [0.25, 0.3) is 0 Å². The molecule has 3 aromatic rings. The molecule has 1 atom stereocenters. The van der Waals surface area contributed by atoms with Crippen LogP contribution in [-0.4, -0.2) is 68.6 Å². The number of thiazole rings is 1. The molecule has 4 heterocycles. The van der Waals surface area contributed by atoms with Gasteiger partial charge in [0.05, 0.1) is 30.2 Å². The van der Waals surface area contributed by atoms with Gasteiger partial charge in [-0.05, 0) is 13.8 Å². The van der Waals surface area contributed by atoms with E-state index in [1.54, 1.807) is 23.5 Å². The second kappa shape index (κ2) is 7.62. The van der Waals surface area contributed by atoms with Crippen LogP contribution in [0.3, 0.4) is 0 Å². The quantitative estimate of drug-likeness (QED) is 0.652. The highest BCUT2D eigenvalue weighted by molar-refractivity contribution is 7.16. The van der Waals surface area contributed by atoms with Gasteiger partial charge < -0.3 is 25.6 Å². The third-order valence-corrected chi connectivity index (χ3v) is 5.48. The molecule has 0 bridgehead atoms. The van der Waals surface area contributed by atoms with E-state index >= 15 is 0 Å². The summed E-state index contributed by atoms with van der Waals surface area (Å²) in [6.45, 7) is 5.49. The van der Waals surface area contributed by atoms with Crippen molar-refractivity contribution in [2.24, 2.45) is 0 Å². The first-order chi connectivity index (χ1) is 14.0. The van der Waals surface area contributed by atoms with Crippen LogP contribution in [0, 0.1) is 6.92 Å². The minimum Gasteiger partial charge on any atom is -0.467 e. The number of amides is 2. The first kappa shape index (κ1) is 19.1. The summed E-state index contributed by atoms with van der Waals surface area (Å²) < 4.78 is 5.00. The number of fused-ring (bicyclic) bond motifs is 1. The topological polar surface area (TPSA) is 135 Å². The molecule has 0 saturated carbocycles. The average Bonchev–Trinajstić information content (AvgIpc) is 3.17. The van der Waals surface area contributed by atoms with Crippen molar-refractivity contribution < 1.29 is 9.53 Å². The Hall–Kier alpha value is -3.28. The second-order valence-electron chi connectivity index (χ2n) is 6.69. The molecule has 152 valence electrons. The van der Waals surface area contributed by atoms with Crippen molar-refractivity contribution in [3.8, 4) is 6.01 Å². The maximum atomic E-state index is 12.7. The lowest BCUT2D eigenvalue weighted by molar-refractivity contribution is 0.200. The number of nitrogens with zero attached hydrogens (tertiary/aromatic N) is 7. The number of nitrogens with two attached hydrogens (primary N) is 1. The third-order valence-electron chi connectivity index (χ3n) is 4.77. The third kappa shape index (κ3) is 3.70. The Kier molecular flexibility index (Phi) is 5.01. The molecular formula is C17H21N9O2S. The number of carbonyl (C=O) groups excluding carboxylic acids is 1. The number of nitrogen functional groups attached to an aromatic ring is 1. The highest BCUT2D eigenvalue weighted by atomic mass is 32.1. The fourth-order valence-corrected chi connectivity index (χ4v) is 3.94. The van der Waals surface area contributed by atoms with Gasteiger partial charge in [-0.1, -0.05) is 0 Å². The van der Waals surface area contributed by atoms with Crippen LogP contribution in [0.25, 0.3) is 10.3 Å². The van der Waals surface area contributed by atoms with Crippen molar-refractivity contribution in [3.63, 3.8) is 0 Å². The van der Waals surface area contributed by atoms with Crippen LogP contribution in [0.4, 0.5) is 22.2 Å². The van der Waals surface area contributed by atoms with Gasteiger partial charge in [-0.15, -0.1) is 11.3 Å². The molecule has 4 rings (SSSR count). The molecule has 1 fully saturated rings. The number of rotatable bonds is 3. The number of hydrogen-bond acceptors (Lipinski definition) is 10. The van der Waals surface area contributed by atoms with Crippen LogP contribution >= 0.6 is 11.3 Å². The summed E-state index contributed by atoms with van der Waals surface area (Å²) >= 11 is 1.43. The number of piperazine rings is 1. The molecule has 1 aliphatic rings. The fourth-order valence-electron chi connectivity index (χ4n) is 3.28. The number of anilines is 3. The summed E-state index contributed by atoms with van der Waals surface area (Å²) in [6.07, 6.45) is 1.54. The summed E-state index contributed by atoms with van der Waals surface area (Å²) in [5, 5.41) is 2.87. The summed E-state index contributed by atoms with van der Waals surface area (Å²) in [6, 6.07) is 0.0940. The molecule has 0 aromatic carbocycles. The molecule has 0 radical (unpaired) electrons. The van der Waals surface area contributed by atoms with Crippen molar-refractivity contribution in [2.45, 2.75) is 19.9 Å². The largest absolute Gasteiger partial charge is 0.467 e. The maximum Gasteiger partial charge on any atom is 0.322 e. The SMILES string of the molecule is COc1ncc(NC(=O)N2CCN(c3nc(N)nc4scnc34)[C@@H](C)C2)c(C)n1. The summed E-state index contributed by atoms with van der Waals surface area (Å²) in [5.41, 5.74) is 9.53. The Bertz CT molecular complexity index is 1060. The van der Waals surface area contributed by atoms with Gasteiger partial charge in [0.2, 0.25) is 5.95 Å². The van der Waals surface area contributed by atoms with E-state index in [4.69, 9.17) is 10.5 Å². The molecular weight excluding hydrogens is 394 g/mol. The first-order valence-corrected chi connectivity index (χ1v) is 9.91. The van der Waals surface area contributed by atoms with Gasteiger partial charge in [0.15, 0.2) is 10.6 Å². The monoisotopic (exact) mass is 415 g/mol. The van der Waals surface area contributed by atoms with E-state index in [2.05, 4.69) is 35.1 Å². The van der Waals surface area contributed by atoms with Gasteiger partial charge in [0, 0.05) is 25.7 Å². The molecule has 3 aromatic heterocycles. The van der Waals surface area contributed by atoms with E-state index in [1.165, 1.54) is 18.4 Å². The number of methoxy groups -OCH3 is 1. The minimum atomic E-state index is -0.200. The number of carbonyl (C=O) groups is 1. The van der Waals surface area contributed by atoms with Gasteiger partial charge in [0.1, 0.15) is 5.52 Å². The Morgan fingerprint density at radius 3 is 2.86 bits per heavy atom. The van der Waals surface area contributed by atoms with Crippen LogP contribution in [0.1, 0.15) is 12.6 Å². The molecule has 2 amide bonds. The van der Waals surface area contributed by atoms with Crippen LogP contribution in [0.15, 0.2) is 11.7 Å². The number of aromatic nitrogens is 5. The number of hydrogen-bond donors (Lipinski definition) is 2. The number of urea groups is 1. The average molecular weight is 415 g/mol. The molecule has 29 heavy (non-hydrogen) atoms. The molecule has 12 heteroatoms. The normalized spacial score (nSPS) is 16.9. The van der Waals surface area contributed by atoms with E-state index in [1.807, 2.05) is 6.92 Å². The lowest BCUT2D eigenvalue weighted by Crippen LogP contribution is -2.55. The fraction of sp³-hybridized carbons (Fsp3) is 0.412. The van der Waals surface area contributed by atoms with E-state index < -0.39 is 0 Å². The molecule has 0 aliphatic carbocycles. The number of ether oxygens (including phenoxy) is 1. The number of aryl methyl sites for hydroxylation is 1. The zero-order chi connectivity index (χ0) is 20.5. The predicted octanol–water partition coefficient (Wildman–Crippen LogP) is 1.52. The van der Waals surface area contributed by atoms with Gasteiger partial charge in [-0.25, -0.2) is 19.7 Å². The van der Waals surface area contributed by atoms with Gasteiger partial charge in [-0.3, -0.25) is 0 Å². The van der Waals surface area contributed by atoms with Crippen molar-refractivity contribution in [1.82, 2.24) is 29.8 Å². The summed E-state index contributed by atoms with van der Waals surface area (Å²) in [7, 11) is 1.50. The van der Waals surface area contributed by atoms with Crippen LogP contribution in [-0.2, 0) is 0 Å². The highest BCUT2D eigenvalue weighted by Crippen LogP contribution is 2.29. The molecule has 11 nitrogen and oxygen atoms in total. The summed E-state index contributed by atoms with van der Waals surface area (Å²) in [5.74, 6) is 0.930. The Morgan fingerprint density at radius 1 is 1.31 bits per heavy atom.